The van der Waals surface area contributed by atoms with Gasteiger partial charge in [0.2, 0.25) is 10.0 Å². The zero-order valence-electron chi connectivity index (χ0n) is 24.8. The van der Waals surface area contributed by atoms with Crippen LogP contribution in [0.5, 0.6) is 5.75 Å². The summed E-state index contributed by atoms with van der Waals surface area (Å²) >= 11 is 1.44. The number of nitrogens with zero attached hydrogens (tertiary/aromatic N) is 5. The third-order valence-corrected chi connectivity index (χ3v) is 10.6. The fourth-order valence-corrected chi connectivity index (χ4v) is 7.34. The molecule has 0 N–H and O–H groups in total. The molecule has 0 saturated carbocycles. The minimum Gasteiger partial charge on any atom is -0.494 e. The van der Waals surface area contributed by atoms with Crippen molar-refractivity contribution in [3.8, 4) is 5.75 Å². The number of fused-ring (bicyclic) bond motifs is 1. The molecule has 0 bridgehead atoms. The molecule has 1 fully saturated rings. The number of hydrogen-bond acceptors (Lipinski definition) is 9. The molecule has 1 aliphatic heterocycles. The molecule has 0 radical (unpaired) electrons. The highest BCUT2D eigenvalue weighted by Gasteiger charge is 2.31. The number of rotatable bonds is 11. The maximum Gasteiger partial charge on any atom is 0.409 e. The van der Waals surface area contributed by atoms with Gasteiger partial charge in [0.05, 0.1) is 23.3 Å². The Morgan fingerprint density at radius 2 is 1.64 bits per heavy atom. The van der Waals surface area contributed by atoms with Crippen LogP contribution in [0.15, 0.2) is 41.3 Å². The van der Waals surface area contributed by atoms with Crippen LogP contribution in [-0.2, 0) is 14.8 Å². The lowest BCUT2D eigenvalue weighted by molar-refractivity contribution is 0.0933. The summed E-state index contributed by atoms with van der Waals surface area (Å²) in [5.74, 6) is 0.386. The second kappa shape index (κ2) is 13.8. The van der Waals surface area contributed by atoms with Crippen LogP contribution >= 0.6 is 11.3 Å². The van der Waals surface area contributed by atoms with Crippen LogP contribution in [0.3, 0.4) is 0 Å². The first-order chi connectivity index (χ1) is 20.1. The van der Waals surface area contributed by atoms with Crippen molar-refractivity contribution in [2.45, 2.75) is 32.6 Å². The highest BCUT2D eigenvalue weighted by Crippen LogP contribution is 2.37. The average molecular weight is 618 g/mol. The lowest BCUT2D eigenvalue weighted by atomic mass is 10.2. The molecule has 0 spiro atoms. The Labute approximate surface area is 251 Å². The van der Waals surface area contributed by atoms with E-state index in [1.54, 1.807) is 31.1 Å². The van der Waals surface area contributed by atoms with E-state index in [2.05, 4.69) is 18.7 Å². The lowest BCUT2D eigenvalue weighted by Gasteiger charge is -2.33. The summed E-state index contributed by atoms with van der Waals surface area (Å²) in [6, 6.07) is 9.88. The summed E-state index contributed by atoms with van der Waals surface area (Å²) in [6.07, 6.45) is -0.440. The Morgan fingerprint density at radius 3 is 2.24 bits per heavy atom. The number of thiazole rings is 1. The van der Waals surface area contributed by atoms with E-state index < -0.39 is 16.1 Å². The molecular weight excluding hydrogens is 578 g/mol. The summed E-state index contributed by atoms with van der Waals surface area (Å²) < 4.78 is 39.5. The van der Waals surface area contributed by atoms with E-state index in [-0.39, 0.29) is 43.6 Å². The summed E-state index contributed by atoms with van der Waals surface area (Å²) in [5.41, 5.74) is 2.12. The minimum atomic E-state index is -3.80. The predicted molar refractivity (Wildman–Crippen MR) is 164 cm³/mol. The van der Waals surface area contributed by atoms with Crippen LogP contribution in [0.1, 0.15) is 36.7 Å². The molecule has 42 heavy (non-hydrogen) atoms. The van der Waals surface area contributed by atoms with E-state index in [1.807, 2.05) is 19.1 Å². The SMILES string of the molecule is CCOC(=O)N1CCN(S(=O)(=O)c2ccc(C(=O)N(CCN(CC)CC)c3nc4c(OC)ccc(C)c4s3)cc2)CC1. The van der Waals surface area contributed by atoms with Crippen molar-refractivity contribution in [3.63, 3.8) is 0 Å². The van der Waals surface area contributed by atoms with Gasteiger partial charge in [0.1, 0.15) is 11.3 Å². The molecule has 0 aliphatic carbocycles. The summed E-state index contributed by atoms with van der Waals surface area (Å²) in [5, 5.41) is 0.561. The molecule has 4 rings (SSSR count). The molecule has 0 atom stereocenters. The quantitative estimate of drug-likeness (QED) is 0.317. The van der Waals surface area contributed by atoms with Gasteiger partial charge >= 0.3 is 6.09 Å². The fraction of sp³-hybridized carbons (Fsp3) is 0.483. The third kappa shape index (κ3) is 6.69. The van der Waals surface area contributed by atoms with E-state index in [0.29, 0.717) is 35.1 Å². The van der Waals surface area contributed by atoms with Crippen LogP contribution in [0.2, 0.25) is 0 Å². The number of carbonyl (C=O) groups is 2. The number of hydrogen-bond donors (Lipinski definition) is 0. The molecular formula is C29H39N5O6S2. The second-order valence-corrected chi connectivity index (χ2v) is 12.8. The molecule has 2 aromatic carbocycles. The number of sulfonamides is 1. The maximum atomic E-state index is 13.9. The Hall–Kier alpha value is -3.26. The monoisotopic (exact) mass is 617 g/mol. The Bertz CT molecular complexity index is 1500. The van der Waals surface area contributed by atoms with Crippen molar-refractivity contribution < 1.29 is 27.5 Å². The molecule has 0 unspecified atom stereocenters. The van der Waals surface area contributed by atoms with Gasteiger partial charge in [-0.05, 0) is 62.8 Å². The molecule has 228 valence electrons. The number of aromatic nitrogens is 1. The van der Waals surface area contributed by atoms with E-state index in [1.165, 1.54) is 32.7 Å². The summed E-state index contributed by atoms with van der Waals surface area (Å²) in [7, 11) is -2.20. The number of benzene rings is 2. The molecule has 1 aromatic heterocycles. The largest absolute Gasteiger partial charge is 0.494 e. The molecule has 13 heteroatoms. The first-order valence-electron chi connectivity index (χ1n) is 14.1. The van der Waals surface area contributed by atoms with Crippen LogP contribution in [-0.4, -0.2) is 106 Å². The third-order valence-electron chi connectivity index (χ3n) is 7.43. The molecule has 11 nitrogen and oxygen atoms in total. The van der Waals surface area contributed by atoms with Crippen LogP contribution in [0, 0.1) is 6.92 Å². The van der Waals surface area contributed by atoms with Crippen molar-refractivity contribution in [1.29, 1.82) is 0 Å². The number of aryl methyl sites for hydroxylation is 1. The Morgan fingerprint density at radius 1 is 0.976 bits per heavy atom. The van der Waals surface area contributed by atoms with Crippen molar-refractivity contribution in [2.24, 2.45) is 0 Å². The number of carbonyl (C=O) groups excluding carboxylic acids is 2. The zero-order chi connectivity index (χ0) is 30.4. The van der Waals surface area contributed by atoms with Gasteiger partial charge in [-0.15, -0.1) is 0 Å². The van der Waals surface area contributed by atoms with E-state index in [4.69, 9.17) is 14.5 Å². The number of anilines is 1. The van der Waals surface area contributed by atoms with Crippen molar-refractivity contribution in [3.05, 3.63) is 47.5 Å². The topological polar surface area (TPSA) is 113 Å². The van der Waals surface area contributed by atoms with Crippen molar-refractivity contribution >= 4 is 48.7 Å². The van der Waals surface area contributed by atoms with E-state index in [0.717, 1.165) is 23.4 Å². The predicted octanol–water partition coefficient (Wildman–Crippen LogP) is 4.06. The van der Waals surface area contributed by atoms with Crippen molar-refractivity contribution in [2.75, 3.05) is 71.0 Å². The van der Waals surface area contributed by atoms with Gasteiger partial charge in [0, 0.05) is 44.8 Å². The van der Waals surface area contributed by atoms with Gasteiger partial charge < -0.3 is 19.3 Å². The van der Waals surface area contributed by atoms with Crippen molar-refractivity contribution in [1.82, 2.24) is 19.1 Å². The van der Waals surface area contributed by atoms with Crippen LogP contribution in [0.25, 0.3) is 10.2 Å². The van der Waals surface area contributed by atoms with Crippen LogP contribution in [0.4, 0.5) is 9.93 Å². The van der Waals surface area contributed by atoms with Crippen LogP contribution < -0.4 is 9.64 Å². The molecule has 2 amide bonds. The van der Waals surface area contributed by atoms with Gasteiger partial charge in [0.15, 0.2) is 5.13 Å². The first kappa shape index (κ1) is 31.7. The highest BCUT2D eigenvalue weighted by atomic mass is 32.2. The van der Waals surface area contributed by atoms with Gasteiger partial charge in [-0.2, -0.15) is 4.31 Å². The van der Waals surface area contributed by atoms with Gasteiger partial charge in [-0.3, -0.25) is 9.69 Å². The number of methoxy groups -OCH3 is 1. The standard InChI is InChI=1S/C29H39N5O6S2/c1-6-31(7-2)15-20-34(28-30-25-24(39-5)14-9-21(4)26(25)41-28)27(35)22-10-12-23(13-11-22)42(37,38)33-18-16-32(17-19-33)29(36)40-8-3/h9-14H,6-8,15-20H2,1-5H3. The summed E-state index contributed by atoms with van der Waals surface area (Å²) in [6.45, 7) is 11.8. The number of likely N-dealkylation sites (N-methyl/N-ethyl adjacent to an activating group) is 1. The smallest absolute Gasteiger partial charge is 0.409 e. The number of piperazine rings is 1. The fourth-order valence-electron chi connectivity index (χ4n) is 4.84. The maximum absolute atomic E-state index is 13.9. The Kier molecular flexibility index (Phi) is 10.4. The average Bonchev–Trinajstić information content (AvgIpc) is 3.46. The number of ether oxygens (including phenoxy) is 2. The molecule has 1 saturated heterocycles. The van der Waals surface area contributed by atoms with Gasteiger partial charge in [0.25, 0.3) is 5.91 Å². The highest BCUT2D eigenvalue weighted by molar-refractivity contribution is 7.89. The van der Waals surface area contributed by atoms with Gasteiger partial charge in [-0.1, -0.05) is 31.3 Å². The Balaban J connectivity index is 1.57. The zero-order valence-corrected chi connectivity index (χ0v) is 26.5. The molecule has 1 aliphatic rings. The minimum absolute atomic E-state index is 0.0960. The van der Waals surface area contributed by atoms with Gasteiger partial charge in [-0.25, -0.2) is 18.2 Å². The molecule has 3 aromatic rings. The summed E-state index contributed by atoms with van der Waals surface area (Å²) in [4.78, 5) is 36.2. The second-order valence-electron chi connectivity index (χ2n) is 9.86. The lowest BCUT2D eigenvalue weighted by Crippen LogP contribution is -2.50. The normalized spacial score (nSPS) is 14.4. The number of amides is 2. The van der Waals surface area contributed by atoms with E-state index in [9.17, 15) is 18.0 Å². The first-order valence-corrected chi connectivity index (χ1v) is 16.4. The van der Waals surface area contributed by atoms with E-state index >= 15 is 0 Å². The molecule has 2 heterocycles.